The van der Waals surface area contributed by atoms with E-state index in [1.807, 2.05) is 24.3 Å². The molecular formula is C18H19ClN4O3S. The van der Waals surface area contributed by atoms with Gasteiger partial charge < -0.3 is 0 Å². The van der Waals surface area contributed by atoms with Gasteiger partial charge in [0.05, 0.1) is 9.82 Å². The summed E-state index contributed by atoms with van der Waals surface area (Å²) in [5.74, 6) is 5.12. The van der Waals surface area contributed by atoms with Crippen LogP contribution in [-0.2, 0) is 4.79 Å². The molecule has 2 aromatic carbocycles. The molecule has 3 N–H and O–H groups in total. The SMILES string of the molecule is NNC(=O)C(c1ccccc1Sc1cc(Cl)ccc1[N+](=O)[O-])N1CCCC1. The summed E-state index contributed by atoms with van der Waals surface area (Å²) in [4.78, 5) is 26.7. The summed E-state index contributed by atoms with van der Waals surface area (Å²) in [6.07, 6.45) is 2.03. The molecule has 2 aromatic rings. The van der Waals surface area contributed by atoms with Gasteiger partial charge in [0.1, 0.15) is 6.04 Å². The Balaban J connectivity index is 2.02. The maximum absolute atomic E-state index is 12.5. The van der Waals surface area contributed by atoms with Crippen molar-refractivity contribution in [2.45, 2.75) is 28.7 Å². The molecule has 9 heteroatoms. The van der Waals surface area contributed by atoms with Crippen LogP contribution in [0.25, 0.3) is 0 Å². The van der Waals surface area contributed by atoms with Crippen molar-refractivity contribution in [1.29, 1.82) is 0 Å². The van der Waals surface area contributed by atoms with E-state index in [1.165, 1.54) is 23.9 Å². The van der Waals surface area contributed by atoms with Crippen LogP contribution in [0, 0.1) is 10.1 Å². The molecule has 1 unspecified atom stereocenters. The number of nitrogens with one attached hydrogen (secondary N) is 1. The van der Waals surface area contributed by atoms with E-state index in [0.29, 0.717) is 9.92 Å². The topological polar surface area (TPSA) is 101 Å². The largest absolute Gasteiger partial charge is 0.293 e. The molecule has 1 heterocycles. The number of nitro groups is 1. The minimum absolute atomic E-state index is 0.0276. The number of likely N-dealkylation sites (tertiary alicyclic amines) is 1. The molecule has 142 valence electrons. The zero-order valence-corrected chi connectivity index (χ0v) is 16.0. The monoisotopic (exact) mass is 406 g/mol. The van der Waals surface area contributed by atoms with Crippen molar-refractivity contribution in [3.05, 3.63) is 63.2 Å². The van der Waals surface area contributed by atoms with Crippen molar-refractivity contribution in [3.63, 3.8) is 0 Å². The van der Waals surface area contributed by atoms with Crippen LogP contribution in [0.1, 0.15) is 24.4 Å². The molecule has 1 saturated heterocycles. The van der Waals surface area contributed by atoms with E-state index < -0.39 is 11.0 Å². The van der Waals surface area contributed by atoms with Crippen molar-refractivity contribution in [3.8, 4) is 0 Å². The third kappa shape index (κ3) is 4.41. The predicted octanol–water partition coefficient (Wildman–Crippen LogP) is 3.53. The first-order valence-corrected chi connectivity index (χ1v) is 9.66. The van der Waals surface area contributed by atoms with Gasteiger partial charge in [0.25, 0.3) is 11.6 Å². The van der Waals surface area contributed by atoms with E-state index >= 15 is 0 Å². The average molecular weight is 407 g/mol. The van der Waals surface area contributed by atoms with Crippen LogP contribution in [0.3, 0.4) is 0 Å². The van der Waals surface area contributed by atoms with Crippen LogP contribution >= 0.6 is 23.4 Å². The van der Waals surface area contributed by atoms with Crippen molar-refractivity contribution in [2.24, 2.45) is 5.84 Å². The van der Waals surface area contributed by atoms with Gasteiger partial charge in [-0.2, -0.15) is 0 Å². The van der Waals surface area contributed by atoms with Gasteiger partial charge in [-0.15, -0.1) is 0 Å². The third-order valence-electron chi connectivity index (χ3n) is 4.45. The summed E-state index contributed by atoms with van der Waals surface area (Å²) in [6, 6.07) is 11.3. The fourth-order valence-corrected chi connectivity index (χ4v) is 4.57. The third-order valence-corrected chi connectivity index (χ3v) is 5.82. The lowest BCUT2D eigenvalue weighted by Gasteiger charge is -2.27. The number of amides is 1. The molecule has 0 radical (unpaired) electrons. The summed E-state index contributed by atoms with van der Waals surface area (Å²) < 4.78 is 0. The highest BCUT2D eigenvalue weighted by atomic mass is 35.5. The molecule has 0 aromatic heterocycles. The maximum atomic E-state index is 12.5. The number of nitrogens with two attached hydrogens (primary N) is 1. The molecule has 1 atom stereocenters. The van der Waals surface area contributed by atoms with Crippen LogP contribution in [0.5, 0.6) is 0 Å². The summed E-state index contributed by atoms with van der Waals surface area (Å²) in [5, 5.41) is 11.8. The number of nitrogens with zero attached hydrogens (tertiary/aromatic N) is 2. The molecule has 27 heavy (non-hydrogen) atoms. The number of benzene rings is 2. The van der Waals surface area contributed by atoms with E-state index in [4.69, 9.17) is 17.4 Å². The molecule has 0 saturated carbocycles. The predicted molar refractivity (Wildman–Crippen MR) is 105 cm³/mol. The lowest BCUT2D eigenvalue weighted by atomic mass is 10.0. The van der Waals surface area contributed by atoms with Gasteiger partial charge in [0.15, 0.2) is 0 Å². The molecule has 0 spiro atoms. The zero-order chi connectivity index (χ0) is 19.4. The molecule has 7 nitrogen and oxygen atoms in total. The van der Waals surface area contributed by atoms with Crippen molar-refractivity contribution in [1.82, 2.24) is 10.3 Å². The van der Waals surface area contributed by atoms with Gasteiger partial charge in [-0.25, -0.2) is 5.84 Å². The summed E-state index contributed by atoms with van der Waals surface area (Å²) in [6.45, 7) is 1.60. The molecule has 0 bridgehead atoms. The normalized spacial score (nSPS) is 15.5. The molecule has 1 aliphatic heterocycles. The van der Waals surface area contributed by atoms with Crippen LogP contribution in [0.4, 0.5) is 5.69 Å². The highest BCUT2D eigenvalue weighted by molar-refractivity contribution is 7.99. The molecule has 1 aliphatic rings. The van der Waals surface area contributed by atoms with Crippen LogP contribution in [-0.4, -0.2) is 28.8 Å². The fraction of sp³-hybridized carbons (Fsp3) is 0.278. The quantitative estimate of drug-likeness (QED) is 0.329. The fourth-order valence-electron chi connectivity index (χ4n) is 3.22. The summed E-state index contributed by atoms with van der Waals surface area (Å²) in [5.41, 5.74) is 2.99. The second-order valence-electron chi connectivity index (χ2n) is 6.16. The van der Waals surface area contributed by atoms with Crippen molar-refractivity contribution in [2.75, 3.05) is 13.1 Å². The molecule has 0 aliphatic carbocycles. The number of rotatable bonds is 6. The highest BCUT2D eigenvalue weighted by Crippen LogP contribution is 2.40. The van der Waals surface area contributed by atoms with Gasteiger partial charge >= 0.3 is 0 Å². The number of nitro benzene ring substituents is 1. The highest BCUT2D eigenvalue weighted by Gasteiger charge is 2.31. The minimum Gasteiger partial charge on any atom is -0.293 e. The Labute approximate surface area is 166 Å². The minimum atomic E-state index is -0.542. The first-order valence-electron chi connectivity index (χ1n) is 8.46. The molecular weight excluding hydrogens is 388 g/mol. The Kier molecular flexibility index (Phi) is 6.33. The van der Waals surface area contributed by atoms with Crippen LogP contribution in [0.2, 0.25) is 5.02 Å². The molecule has 1 fully saturated rings. The molecule has 1 amide bonds. The Hall–Kier alpha value is -2.13. The lowest BCUT2D eigenvalue weighted by Crippen LogP contribution is -2.42. The second kappa shape index (κ2) is 8.71. The van der Waals surface area contributed by atoms with Gasteiger partial charge in [-0.05, 0) is 49.7 Å². The number of hydrogen-bond donors (Lipinski definition) is 2. The second-order valence-corrected chi connectivity index (χ2v) is 7.68. The molecule has 3 rings (SSSR count). The first-order chi connectivity index (χ1) is 13.0. The van der Waals surface area contributed by atoms with E-state index in [2.05, 4.69) is 10.3 Å². The van der Waals surface area contributed by atoms with Crippen LogP contribution < -0.4 is 11.3 Å². The van der Waals surface area contributed by atoms with E-state index in [0.717, 1.165) is 36.4 Å². The average Bonchev–Trinajstić information content (AvgIpc) is 3.17. The van der Waals surface area contributed by atoms with E-state index in [1.54, 1.807) is 6.07 Å². The van der Waals surface area contributed by atoms with Gasteiger partial charge in [-0.1, -0.05) is 41.6 Å². The maximum Gasteiger partial charge on any atom is 0.283 e. The van der Waals surface area contributed by atoms with Crippen molar-refractivity contribution >= 4 is 35.0 Å². The number of halogens is 1. The Bertz CT molecular complexity index is 858. The van der Waals surface area contributed by atoms with Crippen LogP contribution in [0.15, 0.2) is 52.3 Å². The standard InChI is InChI=1S/C18H19ClN4O3S/c19-12-7-8-14(23(25)26)16(11-12)27-15-6-2-1-5-13(15)17(18(24)21-20)22-9-3-4-10-22/h1-2,5-8,11,17H,3-4,9-10,20H2,(H,21,24). The zero-order valence-electron chi connectivity index (χ0n) is 14.4. The number of carbonyl (C=O) groups is 1. The number of carbonyl (C=O) groups excluding carboxylic acids is 1. The smallest absolute Gasteiger partial charge is 0.283 e. The Morgan fingerprint density at radius 1 is 1.22 bits per heavy atom. The summed E-state index contributed by atoms with van der Waals surface area (Å²) in [7, 11) is 0. The van der Waals surface area contributed by atoms with Crippen molar-refractivity contribution < 1.29 is 9.72 Å². The van der Waals surface area contributed by atoms with E-state index in [9.17, 15) is 14.9 Å². The Morgan fingerprint density at radius 2 is 1.93 bits per heavy atom. The van der Waals surface area contributed by atoms with Gasteiger partial charge in [0, 0.05) is 16.0 Å². The number of hydrazine groups is 1. The first kappa shape index (κ1) is 19.6. The number of hydrogen-bond acceptors (Lipinski definition) is 6. The van der Waals surface area contributed by atoms with E-state index in [-0.39, 0.29) is 11.6 Å². The lowest BCUT2D eigenvalue weighted by molar-refractivity contribution is -0.387. The Morgan fingerprint density at radius 3 is 2.59 bits per heavy atom. The van der Waals surface area contributed by atoms with Gasteiger partial charge in [-0.3, -0.25) is 25.2 Å². The van der Waals surface area contributed by atoms with Gasteiger partial charge in [0.2, 0.25) is 0 Å². The summed E-state index contributed by atoms with van der Waals surface area (Å²) >= 11 is 7.27.